The minimum Gasteiger partial charge on any atom is -0.314 e. The number of nitrogens with zero attached hydrogens (tertiary/aromatic N) is 1. The maximum atomic E-state index is 4.09. The number of halogens is 1. The van der Waals surface area contributed by atoms with Gasteiger partial charge in [-0.15, -0.1) is 6.58 Å². The molecule has 2 nitrogen and oxygen atoms in total. The molecule has 1 aliphatic heterocycles. The Morgan fingerprint density at radius 1 is 1.39 bits per heavy atom. The molecule has 0 bridgehead atoms. The van der Waals surface area contributed by atoms with E-state index in [9.17, 15) is 0 Å². The van der Waals surface area contributed by atoms with Gasteiger partial charge in [0.05, 0.1) is 0 Å². The van der Waals surface area contributed by atoms with Gasteiger partial charge in [0.25, 0.3) is 0 Å². The third kappa shape index (κ3) is 3.44. The van der Waals surface area contributed by atoms with Gasteiger partial charge < -0.3 is 5.32 Å². The fourth-order valence-corrected chi connectivity index (χ4v) is 3.05. The molecule has 1 fully saturated rings. The van der Waals surface area contributed by atoms with Crippen LogP contribution in [0.4, 0.5) is 0 Å². The number of nitrogens with one attached hydrogen (secondary N) is 1. The summed E-state index contributed by atoms with van der Waals surface area (Å²) in [5.74, 6) is 0. The van der Waals surface area contributed by atoms with Crippen LogP contribution >= 0.6 is 15.9 Å². The molecule has 1 aromatic rings. The van der Waals surface area contributed by atoms with E-state index in [4.69, 9.17) is 0 Å². The van der Waals surface area contributed by atoms with E-state index in [0.717, 1.165) is 32.6 Å². The van der Waals surface area contributed by atoms with Crippen LogP contribution in [0.3, 0.4) is 0 Å². The Hall–Kier alpha value is -0.640. The highest BCUT2D eigenvalue weighted by Gasteiger charge is 2.23. The zero-order valence-corrected chi connectivity index (χ0v) is 12.5. The maximum absolute atomic E-state index is 4.09. The van der Waals surface area contributed by atoms with Gasteiger partial charge >= 0.3 is 0 Å². The molecule has 1 N–H and O–H groups in total. The van der Waals surface area contributed by atoms with Gasteiger partial charge in [0.2, 0.25) is 0 Å². The van der Waals surface area contributed by atoms with Gasteiger partial charge in [-0.25, -0.2) is 0 Å². The van der Waals surface area contributed by atoms with E-state index < -0.39 is 0 Å². The third-order valence-corrected chi connectivity index (χ3v) is 4.12. The van der Waals surface area contributed by atoms with Crippen molar-refractivity contribution in [2.75, 3.05) is 26.2 Å². The number of piperazine rings is 1. The van der Waals surface area contributed by atoms with Crippen molar-refractivity contribution in [1.29, 1.82) is 0 Å². The van der Waals surface area contributed by atoms with Crippen molar-refractivity contribution in [3.05, 3.63) is 46.5 Å². The van der Waals surface area contributed by atoms with E-state index in [-0.39, 0.29) is 0 Å². The lowest BCUT2D eigenvalue weighted by Gasteiger charge is -2.36. The topological polar surface area (TPSA) is 15.3 Å². The SMILES string of the molecule is C=C(C)C[C@H](c1ccccc1Br)N1CCNCC1. The third-order valence-electron chi connectivity index (χ3n) is 3.40. The van der Waals surface area contributed by atoms with Crippen molar-refractivity contribution >= 4 is 15.9 Å². The first-order chi connectivity index (χ1) is 8.68. The second kappa shape index (κ2) is 6.50. The van der Waals surface area contributed by atoms with Crippen molar-refractivity contribution in [2.45, 2.75) is 19.4 Å². The molecule has 0 radical (unpaired) electrons. The summed E-state index contributed by atoms with van der Waals surface area (Å²) in [5.41, 5.74) is 2.62. The number of rotatable bonds is 4. The zero-order chi connectivity index (χ0) is 13.0. The van der Waals surface area contributed by atoms with Crippen LogP contribution in [-0.4, -0.2) is 31.1 Å². The Kier molecular flexibility index (Phi) is 4.98. The first kappa shape index (κ1) is 13.8. The van der Waals surface area contributed by atoms with Crippen LogP contribution in [0.5, 0.6) is 0 Å². The van der Waals surface area contributed by atoms with E-state index >= 15 is 0 Å². The molecule has 98 valence electrons. The van der Waals surface area contributed by atoms with Gasteiger partial charge in [-0.2, -0.15) is 0 Å². The minimum absolute atomic E-state index is 0.445. The summed E-state index contributed by atoms with van der Waals surface area (Å²) in [6.45, 7) is 10.6. The minimum atomic E-state index is 0.445. The molecule has 1 atom stereocenters. The molecule has 1 heterocycles. The molecule has 1 aliphatic rings. The second-order valence-corrected chi connectivity index (χ2v) is 5.84. The zero-order valence-electron chi connectivity index (χ0n) is 11.0. The molecule has 2 rings (SSSR count). The molecular formula is C15H21BrN2. The Labute approximate surface area is 118 Å². The number of hydrogen-bond acceptors (Lipinski definition) is 2. The summed E-state index contributed by atoms with van der Waals surface area (Å²) >= 11 is 3.68. The van der Waals surface area contributed by atoms with Crippen LogP contribution in [0.1, 0.15) is 24.9 Å². The van der Waals surface area contributed by atoms with E-state index in [1.165, 1.54) is 15.6 Å². The van der Waals surface area contributed by atoms with E-state index in [1.807, 2.05) is 0 Å². The molecule has 0 amide bonds. The number of benzene rings is 1. The molecule has 18 heavy (non-hydrogen) atoms. The van der Waals surface area contributed by atoms with Crippen molar-refractivity contribution in [2.24, 2.45) is 0 Å². The van der Waals surface area contributed by atoms with Gasteiger partial charge in [0.15, 0.2) is 0 Å². The Morgan fingerprint density at radius 2 is 2.06 bits per heavy atom. The average Bonchev–Trinajstić information content (AvgIpc) is 2.38. The van der Waals surface area contributed by atoms with Gasteiger partial charge in [-0.3, -0.25) is 4.90 Å². The van der Waals surface area contributed by atoms with E-state index in [0.29, 0.717) is 6.04 Å². The summed E-state index contributed by atoms with van der Waals surface area (Å²) in [6.07, 6.45) is 1.03. The molecule has 0 aromatic heterocycles. The Balaban J connectivity index is 2.24. The highest BCUT2D eigenvalue weighted by molar-refractivity contribution is 9.10. The van der Waals surface area contributed by atoms with Crippen molar-refractivity contribution < 1.29 is 0 Å². The molecular weight excluding hydrogens is 288 g/mol. The van der Waals surface area contributed by atoms with Gasteiger partial charge in [-0.05, 0) is 25.0 Å². The fraction of sp³-hybridized carbons (Fsp3) is 0.467. The molecule has 3 heteroatoms. The van der Waals surface area contributed by atoms with Gasteiger partial charge in [0.1, 0.15) is 0 Å². The predicted octanol–water partition coefficient (Wildman–Crippen LogP) is 3.36. The Bertz CT molecular complexity index is 411. The smallest absolute Gasteiger partial charge is 0.0397 e. The first-order valence-electron chi connectivity index (χ1n) is 6.52. The molecule has 0 aliphatic carbocycles. The van der Waals surface area contributed by atoms with E-state index in [1.54, 1.807) is 0 Å². The van der Waals surface area contributed by atoms with Crippen molar-refractivity contribution in [1.82, 2.24) is 10.2 Å². The number of hydrogen-bond donors (Lipinski definition) is 1. The lowest BCUT2D eigenvalue weighted by molar-refractivity contribution is 0.172. The summed E-state index contributed by atoms with van der Waals surface area (Å²) in [6, 6.07) is 8.99. The van der Waals surface area contributed by atoms with Crippen molar-refractivity contribution in [3.63, 3.8) is 0 Å². The molecule has 0 spiro atoms. The summed E-state index contributed by atoms with van der Waals surface area (Å²) < 4.78 is 1.20. The van der Waals surface area contributed by atoms with Crippen LogP contribution in [0.15, 0.2) is 40.9 Å². The molecule has 0 saturated carbocycles. The lowest BCUT2D eigenvalue weighted by Crippen LogP contribution is -2.45. The first-order valence-corrected chi connectivity index (χ1v) is 7.31. The fourth-order valence-electron chi connectivity index (χ4n) is 2.50. The monoisotopic (exact) mass is 308 g/mol. The van der Waals surface area contributed by atoms with Crippen LogP contribution in [0.2, 0.25) is 0 Å². The summed E-state index contributed by atoms with van der Waals surface area (Å²) in [7, 11) is 0. The molecule has 1 saturated heterocycles. The molecule has 1 aromatic carbocycles. The summed E-state index contributed by atoms with van der Waals surface area (Å²) in [5, 5.41) is 3.41. The highest BCUT2D eigenvalue weighted by atomic mass is 79.9. The van der Waals surface area contributed by atoms with Crippen molar-refractivity contribution in [3.8, 4) is 0 Å². The lowest BCUT2D eigenvalue weighted by atomic mass is 9.98. The van der Waals surface area contributed by atoms with E-state index in [2.05, 4.69) is 63.9 Å². The molecule has 0 unspecified atom stereocenters. The normalized spacial score (nSPS) is 18.6. The highest BCUT2D eigenvalue weighted by Crippen LogP contribution is 2.32. The van der Waals surface area contributed by atoms with Gasteiger partial charge in [-0.1, -0.05) is 39.7 Å². The largest absolute Gasteiger partial charge is 0.314 e. The second-order valence-electron chi connectivity index (χ2n) is 4.98. The standard InChI is InChI=1S/C15H21BrN2/c1-12(2)11-15(18-9-7-17-8-10-18)13-5-3-4-6-14(13)16/h3-6,15,17H,1,7-11H2,2H3/t15-/m1/s1. The average molecular weight is 309 g/mol. The van der Waals surface area contributed by atoms with Crippen LogP contribution < -0.4 is 5.32 Å². The maximum Gasteiger partial charge on any atom is 0.0397 e. The summed E-state index contributed by atoms with van der Waals surface area (Å²) in [4.78, 5) is 2.56. The quantitative estimate of drug-likeness (QED) is 0.858. The Morgan fingerprint density at radius 3 is 2.67 bits per heavy atom. The predicted molar refractivity (Wildman–Crippen MR) is 80.8 cm³/mol. The van der Waals surface area contributed by atoms with Crippen LogP contribution in [0.25, 0.3) is 0 Å². The van der Waals surface area contributed by atoms with Crippen LogP contribution in [-0.2, 0) is 0 Å². The van der Waals surface area contributed by atoms with Gasteiger partial charge in [0, 0.05) is 36.7 Å². The van der Waals surface area contributed by atoms with Crippen LogP contribution in [0, 0.1) is 0 Å².